The summed E-state index contributed by atoms with van der Waals surface area (Å²) in [6, 6.07) is 8.24. The fraction of sp³-hybridized carbons (Fsp3) is 0.500. The molecule has 1 fully saturated rings. The minimum Gasteiger partial charge on any atom is -0.399 e. The van der Waals surface area contributed by atoms with E-state index in [0.717, 1.165) is 42.5 Å². The van der Waals surface area contributed by atoms with Gasteiger partial charge in [-0.05, 0) is 37.1 Å². The highest BCUT2D eigenvalue weighted by Crippen LogP contribution is 2.29. The van der Waals surface area contributed by atoms with E-state index in [1.807, 2.05) is 29.2 Å². The van der Waals surface area contributed by atoms with Crippen LogP contribution < -0.4 is 5.73 Å². The van der Waals surface area contributed by atoms with Crippen LogP contribution in [-0.4, -0.2) is 35.3 Å². The normalized spacial score (nSPS) is 18.1. The molecule has 6 heteroatoms. The zero-order valence-electron chi connectivity index (χ0n) is 12.3. The number of rotatable bonds is 3. The predicted octanol–water partition coefficient (Wildman–Crippen LogP) is 3.81. The van der Waals surface area contributed by atoms with Gasteiger partial charge in [-0.25, -0.2) is 0 Å². The number of nitrogens with zero attached hydrogens (tertiary/aromatic N) is 2. The molecule has 3 rings (SSSR count). The van der Waals surface area contributed by atoms with Crippen LogP contribution in [0.4, 0.5) is 18.9 Å². The van der Waals surface area contributed by atoms with Gasteiger partial charge in [-0.3, -0.25) is 0 Å². The fourth-order valence-electron chi connectivity index (χ4n) is 3.21. The highest BCUT2D eigenvalue weighted by atomic mass is 19.4. The molecule has 2 N–H and O–H groups in total. The number of fused-ring (bicyclic) bond motifs is 1. The molecule has 0 bridgehead atoms. The molecule has 1 aliphatic heterocycles. The second-order valence-corrected chi connectivity index (χ2v) is 5.98. The van der Waals surface area contributed by atoms with Gasteiger partial charge in [0, 0.05) is 48.5 Å². The van der Waals surface area contributed by atoms with Gasteiger partial charge in [-0.1, -0.05) is 0 Å². The summed E-state index contributed by atoms with van der Waals surface area (Å²) in [7, 11) is 0. The number of likely N-dealkylation sites (tertiary alicyclic amines) is 1. The first-order chi connectivity index (χ1) is 10.4. The maximum atomic E-state index is 12.3. The molecule has 1 aliphatic rings. The average molecular weight is 311 g/mol. The van der Waals surface area contributed by atoms with Crippen LogP contribution in [0.1, 0.15) is 25.3 Å². The highest BCUT2D eigenvalue weighted by Gasteiger charge is 2.29. The number of halogens is 3. The van der Waals surface area contributed by atoms with Gasteiger partial charge in [0.05, 0.1) is 6.42 Å². The quantitative estimate of drug-likeness (QED) is 0.875. The molecule has 120 valence electrons. The van der Waals surface area contributed by atoms with Crippen molar-refractivity contribution in [1.82, 2.24) is 9.47 Å². The van der Waals surface area contributed by atoms with E-state index in [9.17, 15) is 13.2 Å². The first-order valence-electron chi connectivity index (χ1n) is 7.57. The summed E-state index contributed by atoms with van der Waals surface area (Å²) in [5, 5.41) is 1.11. The van der Waals surface area contributed by atoms with Gasteiger partial charge in [0.2, 0.25) is 0 Å². The van der Waals surface area contributed by atoms with Crippen LogP contribution in [0.15, 0.2) is 30.5 Å². The number of hydrogen-bond acceptors (Lipinski definition) is 2. The summed E-state index contributed by atoms with van der Waals surface area (Å²) < 4.78 is 39.1. The van der Waals surface area contributed by atoms with Crippen molar-refractivity contribution >= 4 is 16.6 Å². The van der Waals surface area contributed by atoms with Crippen LogP contribution in [0, 0.1) is 0 Å². The maximum absolute atomic E-state index is 12.3. The highest BCUT2D eigenvalue weighted by molar-refractivity contribution is 5.83. The van der Waals surface area contributed by atoms with Crippen molar-refractivity contribution < 1.29 is 13.2 Å². The average Bonchev–Trinajstić information content (AvgIpc) is 2.88. The second-order valence-electron chi connectivity index (χ2n) is 5.98. The van der Waals surface area contributed by atoms with E-state index in [1.165, 1.54) is 0 Å². The van der Waals surface area contributed by atoms with E-state index in [2.05, 4.69) is 10.8 Å². The lowest BCUT2D eigenvalue weighted by Crippen LogP contribution is -2.36. The topological polar surface area (TPSA) is 34.2 Å². The van der Waals surface area contributed by atoms with Crippen LogP contribution in [-0.2, 0) is 0 Å². The zero-order valence-corrected chi connectivity index (χ0v) is 12.3. The Kier molecular flexibility index (Phi) is 4.04. The maximum Gasteiger partial charge on any atom is 0.390 e. The number of nitrogens with two attached hydrogens (primary N) is 1. The van der Waals surface area contributed by atoms with E-state index < -0.39 is 12.6 Å². The Morgan fingerprint density at radius 3 is 2.55 bits per heavy atom. The van der Waals surface area contributed by atoms with E-state index in [1.54, 1.807) is 0 Å². The number of nitrogen functional groups attached to an aromatic ring is 1. The van der Waals surface area contributed by atoms with Gasteiger partial charge >= 0.3 is 6.18 Å². The Labute approximate surface area is 127 Å². The van der Waals surface area contributed by atoms with Crippen molar-refractivity contribution in [2.75, 3.05) is 25.4 Å². The lowest BCUT2D eigenvalue weighted by Gasteiger charge is -2.33. The van der Waals surface area contributed by atoms with E-state index >= 15 is 0 Å². The Balaban J connectivity index is 1.63. The summed E-state index contributed by atoms with van der Waals surface area (Å²) in [5.74, 6) is 0. The Morgan fingerprint density at radius 2 is 1.86 bits per heavy atom. The number of aromatic nitrogens is 1. The third-order valence-electron chi connectivity index (χ3n) is 4.41. The Hall–Kier alpha value is -1.69. The van der Waals surface area contributed by atoms with E-state index in [4.69, 9.17) is 5.73 Å². The molecule has 0 amide bonds. The zero-order chi connectivity index (χ0) is 15.7. The van der Waals surface area contributed by atoms with Crippen LogP contribution in [0.2, 0.25) is 0 Å². The van der Waals surface area contributed by atoms with Crippen LogP contribution in [0.5, 0.6) is 0 Å². The molecule has 22 heavy (non-hydrogen) atoms. The van der Waals surface area contributed by atoms with Crippen LogP contribution in [0.3, 0.4) is 0 Å². The molecule has 1 aromatic carbocycles. The van der Waals surface area contributed by atoms with E-state index in [-0.39, 0.29) is 6.54 Å². The molecule has 2 heterocycles. The number of alkyl halides is 3. The smallest absolute Gasteiger partial charge is 0.390 e. The first kappa shape index (κ1) is 15.2. The van der Waals surface area contributed by atoms with Crippen molar-refractivity contribution in [3.63, 3.8) is 0 Å². The molecule has 2 aromatic rings. The van der Waals surface area contributed by atoms with E-state index in [0.29, 0.717) is 6.04 Å². The summed E-state index contributed by atoms with van der Waals surface area (Å²) in [5.41, 5.74) is 7.67. The standard InChI is InChI=1S/C16H20F3N3/c17-16(18,19)6-10-21-7-4-14(5-8-21)22-9-3-12-11-13(20)1-2-15(12)22/h1-3,9,11,14H,4-8,10,20H2. The van der Waals surface area contributed by atoms with Gasteiger partial charge in [-0.2, -0.15) is 13.2 Å². The molecule has 0 aliphatic carbocycles. The predicted molar refractivity (Wildman–Crippen MR) is 81.7 cm³/mol. The van der Waals surface area contributed by atoms with Crippen molar-refractivity contribution in [3.05, 3.63) is 30.5 Å². The molecule has 0 atom stereocenters. The summed E-state index contributed by atoms with van der Waals surface area (Å²) in [6.45, 7) is 1.55. The van der Waals surface area contributed by atoms with Gasteiger partial charge in [-0.15, -0.1) is 0 Å². The number of hydrogen-bond donors (Lipinski definition) is 1. The minimum atomic E-state index is -4.06. The van der Waals surface area contributed by atoms with Crippen molar-refractivity contribution in [1.29, 1.82) is 0 Å². The van der Waals surface area contributed by atoms with Gasteiger partial charge in [0.25, 0.3) is 0 Å². The summed E-state index contributed by atoms with van der Waals surface area (Å²) >= 11 is 0. The van der Waals surface area contributed by atoms with Gasteiger partial charge in [0.15, 0.2) is 0 Å². The third kappa shape index (κ3) is 3.38. The Morgan fingerprint density at radius 1 is 1.14 bits per heavy atom. The van der Waals surface area contributed by atoms with Crippen molar-refractivity contribution in [2.24, 2.45) is 0 Å². The molecule has 0 radical (unpaired) electrons. The largest absolute Gasteiger partial charge is 0.399 e. The fourth-order valence-corrected chi connectivity index (χ4v) is 3.21. The van der Waals surface area contributed by atoms with Crippen LogP contribution in [0.25, 0.3) is 10.9 Å². The second kappa shape index (κ2) is 5.83. The lowest BCUT2D eigenvalue weighted by molar-refractivity contribution is -0.138. The minimum absolute atomic E-state index is 0.110. The van der Waals surface area contributed by atoms with Crippen LogP contribution >= 0.6 is 0 Å². The molecule has 3 nitrogen and oxygen atoms in total. The van der Waals surface area contributed by atoms with Crippen molar-refractivity contribution in [2.45, 2.75) is 31.5 Å². The van der Waals surface area contributed by atoms with Crippen molar-refractivity contribution in [3.8, 4) is 0 Å². The third-order valence-corrected chi connectivity index (χ3v) is 4.41. The molecule has 0 spiro atoms. The molecular formula is C16H20F3N3. The number of benzene rings is 1. The number of piperidine rings is 1. The molecule has 0 saturated carbocycles. The molecule has 1 saturated heterocycles. The lowest BCUT2D eigenvalue weighted by atomic mass is 10.0. The summed E-state index contributed by atoms with van der Waals surface area (Å²) in [6.07, 6.45) is -0.963. The van der Waals surface area contributed by atoms with Gasteiger partial charge < -0.3 is 15.2 Å². The number of anilines is 1. The SMILES string of the molecule is Nc1ccc2c(ccn2C2CCN(CCC(F)(F)F)CC2)c1. The molecule has 1 aromatic heterocycles. The summed E-state index contributed by atoms with van der Waals surface area (Å²) in [4.78, 5) is 1.91. The first-order valence-corrected chi connectivity index (χ1v) is 7.57. The molecular weight excluding hydrogens is 291 g/mol. The van der Waals surface area contributed by atoms with Gasteiger partial charge in [0.1, 0.15) is 0 Å². The monoisotopic (exact) mass is 311 g/mol. The Bertz CT molecular complexity index is 640. The molecule has 0 unspecified atom stereocenters.